The molecule has 0 aliphatic heterocycles. The van der Waals surface area contributed by atoms with Crippen LogP contribution < -0.4 is 5.32 Å². The van der Waals surface area contributed by atoms with Crippen LogP contribution in [0.15, 0.2) is 22.7 Å². The molecule has 1 aromatic carbocycles. The lowest BCUT2D eigenvalue weighted by atomic mass is 9.90. The fourth-order valence-corrected chi connectivity index (χ4v) is 2.04. The first kappa shape index (κ1) is 14.5. The molecule has 96 valence electrons. The molecule has 0 aliphatic rings. The second-order valence-electron chi connectivity index (χ2n) is 4.99. The van der Waals surface area contributed by atoms with Crippen LogP contribution >= 0.6 is 15.9 Å². The Hall–Kier alpha value is -0.580. The number of aliphatic hydroxyl groups is 1. The van der Waals surface area contributed by atoms with Crippen molar-refractivity contribution in [1.29, 1.82) is 0 Å². The summed E-state index contributed by atoms with van der Waals surface area (Å²) in [6, 6.07) is 5.61. The maximum absolute atomic E-state index is 9.80. The van der Waals surface area contributed by atoms with E-state index < -0.39 is 0 Å². The van der Waals surface area contributed by atoms with E-state index in [1.165, 1.54) is 0 Å². The Morgan fingerprint density at radius 1 is 1.35 bits per heavy atom. The monoisotopic (exact) mass is 301 g/mol. The minimum atomic E-state index is 0.0659. The average molecular weight is 302 g/mol. The third-order valence-electron chi connectivity index (χ3n) is 2.78. The first-order chi connectivity index (χ1) is 7.96. The molecule has 1 aromatic rings. The molecule has 0 spiro atoms. The number of para-hydroxylation sites is 1. The van der Waals surface area contributed by atoms with Gasteiger partial charge in [0.1, 0.15) is 5.75 Å². The van der Waals surface area contributed by atoms with Gasteiger partial charge in [0.25, 0.3) is 0 Å². The maximum atomic E-state index is 9.80. The summed E-state index contributed by atoms with van der Waals surface area (Å²) in [5, 5.41) is 22.0. The van der Waals surface area contributed by atoms with Crippen LogP contribution in [0.5, 0.6) is 5.75 Å². The number of phenolic OH excluding ortho intramolecular Hbond substituents is 1. The molecule has 1 rings (SSSR count). The standard InChI is InChI=1S/C13H20BrNO2/c1-13(2,6-7-16)9-15-8-10-4-3-5-11(14)12(10)17/h3-5,15-17H,6-9H2,1-2H3. The lowest BCUT2D eigenvalue weighted by molar-refractivity contribution is 0.207. The van der Waals surface area contributed by atoms with Gasteiger partial charge in [0.2, 0.25) is 0 Å². The van der Waals surface area contributed by atoms with Crippen molar-refractivity contribution in [3.8, 4) is 5.75 Å². The predicted molar refractivity (Wildman–Crippen MR) is 73.0 cm³/mol. The van der Waals surface area contributed by atoms with Gasteiger partial charge in [0.15, 0.2) is 0 Å². The van der Waals surface area contributed by atoms with Crippen molar-refractivity contribution in [2.45, 2.75) is 26.8 Å². The first-order valence-corrected chi connectivity index (χ1v) is 6.53. The quantitative estimate of drug-likeness (QED) is 0.757. The van der Waals surface area contributed by atoms with E-state index in [0.29, 0.717) is 16.8 Å². The van der Waals surface area contributed by atoms with Gasteiger partial charge in [0.05, 0.1) is 4.47 Å². The van der Waals surface area contributed by atoms with E-state index in [9.17, 15) is 5.11 Å². The molecule has 0 saturated heterocycles. The van der Waals surface area contributed by atoms with Gasteiger partial charge in [0, 0.05) is 25.3 Å². The molecule has 0 heterocycles. The zero-order valence-corrected chi connectivity index (χ0v) is 11.9. The number of phenols is 1. The highest BCUT2D eigenvalue weighted by molar-refractivity contribution is 9.10. The Morgan fingerprint density at radius 2 is 2.06 bits per heavy atom. The molecular formula is C13H20BrNO2. The van der Waals surface area contributed by atoms with Gasteiger partial charge in [-0.1, -0.05) is 26.0 Å². The Bertz CT molecular complexity index is 366. The van der Waals surface area contributed by atoms with Gasteiger partial charge in [-0.25, -0.2) is 0 Å². The van der Waals surface area contributed by atoms with Crippen molar-refractivity contribution in [3.05, 3.63) is 28.2 Å². The maximum Gasteiger partial charge on any atom is 0.134 e. The number of nitrogens with one attached hydrogen (secondary N) is 1. The van der Waals surface area contributed by atoms with Gasteiger partial charge in [-0.05, 0) is 33.8 Å². The Kier molecular flexibility index (Phi) is 5.43. The number of halogens is 1. The minimum absolute atomic E-state index is 0.0659. The van der Waals surface area contributed by atoms with Crippen LogP contribution in [0.2, 0.25) is 0 Å². The van der Waals surface area contributed by atoms with Gasteiger partial charge < -0.3 is 15.5 Å². The molecule has 0 bridgehead atoms. The van der Waals surface area contributed by atoms with Crippen LogP contribution in [0.4, 0.5) is 0 Å². The lowest BCUT2D eigenvalue weighted by Crippen LogP contribution is -2.29. The first-order valence-electron chi connectivity index (χ1n) is 5.74. The van der Waals surface area contributed by atoms with Crippen LogP contribution in [0.3, 0.4) is 0 Å². The third kappa shape index (κ3) is 4.66. The van der Waals surface area contributed by atoms with Gasteiger partial charge in [-0.15, -0.1) is 0 Å². The molecule has 0 aliphatic carbocycles. The summed E-state index contributed by atoms with van der Waals surface area (Å²) < 4.78 is 0.714. The second kappa shape index (κ2) is 6.38. The fraction of sp³-hybridized carbons (Fsp3) is 0.538. The summed E-state index contributed by atoms with van der Waals surface area (Å²) in [5.41, 5.74) is 0.940. The van der Waals surface area contributed by atoms with E-state index in [2.05, 4.69) is 35.1 Å². The smallest absolute Gasteiger partial charge is 0.134 e. The van der Waals surface area contributed by atoms with Crippen LogP contribution in [0.25, 0.3) is 0 Å². The molecule has 0 atom stereocenters. The molecule has 3 nitrogen and oxygen atoms in total. The minimum Gasteiger partial charge on any atom is -0.506 e. The summed E-state index contributed by atoms with van der Waals surface area (Å²) in [6.45, 7) is 5.85. The number of hydrogen-bond donors (Lipinski definition) is 3. The summed E-state index contributed by atoms with van der Waals surface area (Å²) in [6.07, 6.45) is 0.768. The van der Waals surface area contributed by atoms with Crippen molar-refractivity contribution >= 4 is 15.9 Å². The Morgan fingerprint density at radius 3 is 2.71 bits per heavy atom. The molecular weight excluding hydrogens is 282 g/mol. The SMILES string of the molecule is CC(C)(CCO)CNCc1cccc(Br)c1O. The van der Waals surface area contributed by atoms with Crippen LogP contribution in [-0.2, 0) is 6.54 Å². The van der Waals surface area contributed by atoms with E-state index in [4.69, 9.17) is 5.11 Å². The summed E-state index contributed by atoms with van der Waals surface area (Å²) in [7, 11) is 0. The van der Waals surface area contributed by atoms with E-state index in [-0.39, 0.29) is 12.0 Å². The normalized spacial score (nSPS) is 11.8. The topological polar surface area (TPSA) is 52.5 Å². The number of rotatable bonds is 6. The molecule has 0 aromatic heterocycles. The van der Waals surface area contributed by atoms with Crippen LogP contribution in [0, 0.1) is 5.41 Å². The van der Waals surface area contributed by atoms with Crippen molar-refractivity contribution in [1.82, 2.24) is 5.32 Å². The predicted octanol–water partition coefficient (Wildman–Crippen LogP) is 2.65. The number of aliphatic hydroxyl groups excluding tert-OH is 1. The molecule has 0 saturated carbocycles. The largest absolute Gasteiger partial charge is 0.506 e. The molecule has 0 unspecified atom stereocenters. The van der Waals surface area contributed by atoms with Crippen molar-refractivity contribution in [3.63, 3.8) is 0 Å². The molecule has 4 heteroatoms. The Labute approximate surface area is 111 Å². The van der Waals surface area contributed by atoms with Crippen molar-refractivity contribution in [2.24, 2.45) is 5.41 Å². The third-order valence-corrected chi connectivity index (χ3v) is 3.42. The second-order valence-corrected chi connectivity index (χ2v) is 5.84. The van der Waals surface area contributed by atoms with Crippen molar-refractivity contribution < 1.29 is 10.2 Å². The molecule has 0 fully saturated rings. The number of benzene rings is 1. The van der Waals surface area contributed by atoms with Crippen molar-refractivity contribution in [2.75, 3.05) is 13.2 Å². The lowest BCUT2D eigenvalue weighted by Gasteiger charge is -2.24. The molecule has 0 amide bonds. The van der Waals surface area contributed by atoms with E-state index in [1.807, 2.05) is 18.2 Å². The van der Waals surface area contributed by atoms with E-state index in [1.54, 1.807) is 0 Å². The van der Waals surface area contributed by atoms with Gasteiger partial charge in [-0.3, -0.25) is 0 Å². The zero-order chi connectivity index (χ0) is 12.9. The summed E-state index contributed by atoms with van der Waals surface area (Å²) in [4.78, 5) is 0. The molecule has 3 N–H and O–H groups in total. The fourth-order valence-electron chi connectivity index (χ4n) is 1.63. The van der Waals surface area contributed by atoms with Crippen LogP contribution in [-0.4, -0.2) is 23.4 Å². The highest BCUT2D eigenvalue weighted by atomic mass is 79.9. The van der Waals surface area contributed by atoms with Gasteiger partial charge >= 0.3 is 0 Å². The number of aromatic hydroxyl groups is 1. The summed E-state index contributed by atoms with van der Waals surface area (Å²) in [5.74, 6) is 0.292. The van der Waals surface area contributed by atoms with Gasteiger partial charge in [-0.2, -0.15) is 0 Å². The highest BCUT2D eigenvalue weighted by Gasteiger charge is 2.16. The zero-order valence-electron chi connectivity index (χ0n) is 10.3. The highest BCUT2D eigenvalue weighted by Crippen LogP contribution is 2.27. The number of hydrogen-bond acceptors (Lipinski definition) is 3. The summed E-state index contributed by atoms with van der Waals surface area (Å²) >= 11 is 3.29. The average Bonchev–Trinajstić information content (AvgIpc) is 2.24. The van der Waals surface area contributed by atoms with Crippen LogP contribution in [0.1, 0.15) is 25.8 Å². The molecule has 0 radical (unpaired) electrons. The van der Waals surface area contributed by atoms with E-state index in [0.717, 1.165) is 18.5 Å². The van der Waals surface area contributed by atoms with E-state index >= 15 is 0 Å². The Balaban J connectivity index is 2.49. The molecule has 17 heavy (non-hydrogen) atoms.